The number of hydrogen-bond acceptors (Lipinski definition) is 8. The van der Waals surface area contributed by atoms with Crippen molar-refractivity contribution in [3.05, 3.63) is 58.2 Å². The average Bonchev–Trinajstić information content (AvgIpc) is 2.94. The molecule has 40 heavy (non-hydrogen) atoms. The molecule has 2 aromatic rings. The molecular weight excluding hydrogens is 558 g/mol. The molecule has 214 valence electrons. The van der Waals surface area contributed by atoms with E-state index in [-0.39, 0.29) is 50.2 Å². The van der Waals surface area contributed by atoms with Gasteiger partial charge in [0.2, 0.25) is 15.9 Å². The fourth-order valence-corrected chi connectivity index (χ4v) is 6.89. The first-order valence-corrected chi connectivity index (χ1v) is 15.0. The SMILES string of the molecule is CCOC(=O)NC1(CN2CCN(S(=O)(=O)C3=Cc4ccc(Cl)cc4OC3)CC2=O)CCN(c2ccncc2)CC1. The van der Waals surface area contributed by atoms with Gasteiger partial charge in [-0.05, 0) is 56.2 Å². The molecular formula is C27H32ClN5O6S. The molecule has 2 amide bonds. The average molecular weight is 590 g/mol. The van der Waals surface area contributed by atoms with Crippen LogP contribution >= 0.6 is 11.6 Å². The lowest BCUT2D eigenvalue weighted by molar-refractivity contribution is -0.135. The molecule has 0 unspecified atom stereocenters. The largest absolute Gasteiger partial charge is 0.487 e. The van der Waals surface area contributed by atoms with Crippen molar-refractivity contribution in [1.82, 2.24) is 19.5 Å². The number of fused-ring (bicyclic) bond motifs is 1. The summed E-state index contributed by atoms with van der Waals surface area (Å²) in [6.45, 7) is 3.49. The van der Waals surface area contributed by atoms with Gasteiger partial charge >= 0.3 is 6.09 Å². The van der Waals surface area contributed by atoms with Crippen LogP contribution in [0.2, 0.25) is 5.02 Å². The minimum Gasteiger partial charge on any atom is -0.487 e. The molecule has 3 aliphatic rings. The zero-order valence-corrected chi connectivity index (χ0v) is 23.8. The molecule has 0 atom stereocenters. The zero-order chi connectivity index (χ0) is 28.3. The van der Waals surface area contributed by atoms with Crippen LogP contribution in [0.1, 0.15) is 25.3 Å². The number of halogens is 1. The normalized spacial score (nSPS) is 19.4. The van der Waals surface area contributed by atoms with Crippen molar-refractivity contribution in [2.24, 2.45) is 0 Å². The quantitative estimate of drug-likeness (QED) is 0.523. The standard InChI is InChI=1S/C27H32ClN5O6S/c1-2-38-26(35)30-27(7-11-31(12-8-27)22-5-9-29-10-6-22)19-32-13-14-33(17-25(32)34)40(36,37)23-15-20-3-4-21(28)16-24(20)39-18-23/h3-6,9-10,15-16H,2,7-8,11-14,17-19H2,1H3,(H,30,35). The molecule has 0 bridgehead atoms. The Hall–Kier alpha value is -3.35. The summed E-state index contributed by atoms with van der Waals surface area (Å²) < 4.78 is 38.8. The van der Waals surface area contributed by atoms with Gasteiger partial charge in [-0.25, -0.2) is 13.2 Å². The van der Waals surface area contributed by atoms with Gasteiger partial charge in [-0.2, -0.15) is 4.31 Å². The summed E-state index contributed by atoms with van der Waals surface area (Å²) in [4.78, 5) is 33.8. The maximum Gasteiger partial charge on any atom is 0.407 e. The van der Waals surface area contributed by atoms with Gasteiger partial charge in [-0.1, -0.05) is 11.6 Å². The first-order valence-electron chi connectivity index (χ1n) is 13.2. The fraction of sp³-hybridized carbons (Fsp3) is 0.444. The van der Waals surface area contributed by atoms with E-state index in [1.807, 2.05) is 12.1 Å². The van der Waals surface area contributed by atoms with Gasteiger partial charge in [0.25, 0.3) is 0 Å². The van der Waals surface area contributed by atoms with Gasteiger partial charge in [-0.15, -0.1) is 0 Å². The Morgan fingerprint density at radius 3 is 2.60 bits per heavy atom. The van der Waals surface area contributed by atoms with Crippen LogP contribution in [-0.4, -0.2) is 92.6 Å². The maximum absolute atomic E-state index is 13.4. The second-order valence-corrected chi connectivity index (χ2v) is 12.5. The molecule has 2 saturated heterocycles. The van der Waals surface area contributed by atoms with Gasteiger partial charge in [0, 0.05) is 61.4 Å². The molecule has 1 aromatic heterocycles. The lowest BCUT2D eigenvalue weighted by Crippen LogP contribution is -2.64. The third-order valence-corrected chi connectivity index (χ3v) is 9.63. The minimum atomic E-state index is -3.92. The van der Waals surface area contributed by atoms with E-state index < -0.39 is 21.7 Å². The Bertz CT molecular complexity index is 1400. The van der Waals surface area contributed by atoms with Crippen molar-refractivity contribution in [1.29, 1.82) is 0 Å². The van der Waals surface area contributed by atoms with Crippen molar-refractivity contribution < 1.29 is 27.5 Å². The third-order valence-electron chi connectivity index (χ3n) is 7.50. The number of aromatic nitrogens is 1. The Morgan fingerprint density at radius 2 is 1.90 bits per heavy atom. The van der Waals surface area contributed by atoms with Crippen LogP contribution in [0, 0.1) is 0 Å². The molecule has 11 nitrogen and oxygen atoms in total. The number of pyridine rings is 1. The highest BCUT2D eigenvalue weighted by Gasteiger charge is 2.42. The Labute approximate surface area is 238 Å². The number of ether oxygens (including phenoxy) is 2. The number of anilines is 1. The van der Waals surface area contributed by atoms with E-state index in [1.54, 1.807) is 48.5 Å². The van der Waals surface area contributed by atoms with Gasteiger partial charge in [0.05, 0.1) is 23.6 Å². The van der Waals surface area contributed by atoms with Crippen molar-refractivity contribution >= 4 is 45.4 Å². The number of benzene rings is 1. The number of piperidine rings is 1. The number of hydrogen-bond donors (Lipinski definition) is 1. The van der Waals surface area contributed by atoms with Gasteiger partial charge in [0.1, 0.15) is 12.4 Å². The first-order chi connectivity index (χ1) is 19.2. The molecule has 0 radical (unpaired) electrons. The molecule has 0 saturated carbocycles. The lowest BCUT2D eigenvalue weighted by atomic mass is 9.86. The summed E-state index contributed by atoms with van der Waals surface area (Å²) in [6, 6.07) is 8.89. The van der Waals surface area contributed by atoms with E-state index >= 15 is 0 Å². The highest BCUT2D eigenvalue weighted by atomic mass is 35.5. The Balaban J connectivity index is 1.27. The predicted molar refractivity (Wildman–Crippen MR) is 151 cm³/mol. The van der Waals surface area contributed by atoms with E-state index in [0.29, 0.717) is 42.3 Å². The van der Waals surface area contributed by atoms with Gasteiger partial charge in [0.15, 0.2) is 0 Å². The molecule has 4 heterocycles. The molecule has 3 aliphatic heterocycles. The van der Waals surface area contributed by atoms with E-state index in [9.17, 15) is 18.0 Å². The smallest absolute Gasteiger partial charge is 0.407 e. The summed E-state index contributed by atoms with van der Waals surface area (Å²) in [5.41, 5.74) is 0.961. The highest BCUT2D eigenvalue weighted by Crippen LogP contribution is 2.33. The zero-order valence-electron chi connectivity index (χ0n) is 22.2. The number of nitrogens with one attached hydrogen (secondary N) is 1. The van der Waals surface area contributed by atoms with E-state index in [0.717, 1.165) is 5.69 Å². The van der Waals surface area contributed by atoms with Crippen molar-refractivity contribution in [3.63, 3.8) is 0 Å². The van der Waals surface area contributed by atoms with Crippen LogP contribution in [-0.2, 0) is 19.6 Å². The molecule has 0 aliphatic carbocycles. The van der Waals surface area contributed by atoms with Crippen molar-refractivity contribution in [2.45, 2.75) is 25.3 Å². The number of amides is 2. The third kappa shape index (κ3) is 6.03. The van der Waals surface area contributed by atoms with E-state index in [2.05, 4.69) is 15.2 Å². The van der Waals surface area contributed by atoms with Crippen LogP contribution in [0.3, 0.4) is 0 Å². The minimum absolute atomic E-state index is 0.0903. The fourth-order valence-electron chi connectivity index (χ4n) is 5.31. The highest BCUT2D eigenvalue weighted by molar-refractivity contribution is 7.93. The van der Waals surface area contributed by atoms with Crippen LogP contribution < -0.4 is 15.0 Å². The van der Waals surface area contributed by atoms with Crippen molar-refractivity contribution in [3.8, 4) is 5.75 Å². The molecule has 2 fully saturated rings. The van der Waals surface area contributed by atoms with Crippen LogP contribution in [0.5, 0.6) is 5.75 Å². The second kappa shape index (κ2) is 11.6. The monoisotopic (exact) mass is 589 g/mol. The number of rotatable bonds is 7. The Kier molecular flexibility index (Phi) is 8.20. The van der Waals surface area contributed by atoms with Crippen LogP contribution in [0.4, 0.5) is 10.5 Å². The maximum atomic E-state index is 13.4. The summed E-state index contributed by atoms with van der Waals surface area (Å²) in [6.07, 6.45) is 5.70. The van der Waals surface area contributed by atoms with E-state index in [1.165, 1.54) is 4.31 Å². The summed E-state index contributed by atoms with van der Waals surface area (Å²) >= 11 is 6.01. The Morgan fingerprint density at radius 1 is 1.15 bits per heavy atom. The number of nitrogens with zero attached hydrogens (tertiary/aromatic N) is 4. The molecule has 0 spiro atoms. The summed E-state index contributed by atoms with van der Waals surface area (Å²) in [5, 5.41) is 3.52. The number of piperazine rings is 1. The first kappa shape index (κ1) is 28.2. The summed E-state index contributed by atoms with van der Waals surface area (Å²) in [5.74, 6) is 0.197. The molecule has 5 rings (SSSR count). The molecule has 1 N–H and O–H groups in total. The predicted octanol–water partition coefficient (Wildman–Crippen LogP) is 2.73. The number of alkyl carbamates (subject to hydrolysis) is 1. The number of carbonyl (C=O) groups excluding carboxylic acids is 2. The second-order valence-electron chi connectivity index (χ2n) is 10.1. The van der Waals surface area contributed by atoms with Crippen LogP contribution in [0.15, 0.2) is 47.6 Å². The summed E-state index contributed by atoms with van der Waals surface area (Å²) in [7, 11) is -3.92. The lowest BCUT2D eigenvalue weighted by Gasteiger charge is -2.46. The van der Waals surface area contributed by atoms with Gasteiger partial charge in [-0.3, -0.25) is 9.78 Å². The molecule has 13 heteroatoms. The number of sulfonamides is 1. The van der Waals surface area contributed by atoms with E-state index in [4.69, 9.17) is 21.1 Å². The van der Waals surface area contributed by atoms with Crippen molar-refractivity contribution in [2.75, 3.05) is 57.4 Å². The van der Waals surface area contributed by atoms with Gasteiger partial charge < -0.3 is 24.6 Å². The topological polar surface area (TPSA) is 121 Å². The number of carbonyl (C=O) groups is 2. The van der Waals surface area contributed by atoms with Crippen LogP contribution in [0.25, 0.3) is 6.08 Å². The molecule has 1 aromatic carbocycles.